The third-order valence-electron chi connectivity index (χ3n) is 11.8. The van der Waals surface area contributed by atoms with Gasteiger partial charge in [0.1, 0.15) is 0 Å². The topological polar surface area (TPSA) is 36.4 Å². The molecule has 0 aromatic heterocycles. The van der Waals surface area contributed by atoms with Crippen LogP contribution in [0.3, 0.4) is 0 Å². The molecule has 0 heterocycles. The summed E-state index contributed by atoms with van der Waals surface area (Å²) in [5.74, 6) is 9.98. The summed E-state index contributed by atoms with van der Waals surface area (Å²) in [7, 11) is 0. The minimum atomic E-state index is 0.744. The average molecular weight is 878 g/mol. The van der Waals surface area contributed by atoms with Gasteiger partial charge in [-0.2, -0.15) is 0 Å². The molecule has 2 nitrogen and oxygen atoms in total. The molecular weight excluding hydrogens is 783 g/mol. The number of hydrogen-bond donors (Lipinski definition) is 0. The summed E-state index contributed by atoms with van der Waals surface area (Å²) in [4.78, 5) is 3.48. The van der Waals surface area contributed by atoms with Crippen LogP contribution in [0, 0.1) is 11.8 Å². The molecule has 0 saturated heterocycles. The van der Waals surface area contributed by atoms with Crippen molar-refractivity contribution in [3.05, 3.63) is 87.5 Å². The van der Waals surface area contributed by atoms with Crippen LogP contribution >= 0.6 is 0 Å². The summed E-state index contributed by atoms with van der Waals surface area (Å²) in [6, 6.07) is 18.4. The second-order valence-electron chi connectivity index (χ2n) is 17.2. The summed E-state index contributed by atoms with van der Waals surface area (Å²) in [5, 5.41) is 2.56. The van der Waals surface area contributed by atoms with E-state index in [1.165, 1.54) is 211 Å². The third kappa shape index (κ3) is 30.2. The number of unbranched alkanes of at least 4 members (excludes halogenated alkanes) is 25. The second kappa shape index (κ2) is 42.7. The van der Waals surface area contributed by atoms with Gasteiger partial charge in [0.15, 0.2) is 5.57 Å². The first-order valence-electron chi connectivity index (χ1n) is 25.9. The number of hydrogen-bond acceptors (Lipinski definition) is 0. The Balaban J connectivity index is 0.00000350. The van der Waals surface area contributed by atoms with Gasteiger partial charge in [0.25, 0.3) is 0 Å². The number of nitrogens with zero attached hydrogens (tertiary/aromatic N) is 2. The maximum absolute atomic E-state index is 9.91. The normalized spacial score (nSPS) is 11.2. The van der Waals surface area contributed by atoms with Crippen molar-refractivity contribution in [1.82, 2.24) is 0 Å². The molecule has 0 aliphatic heterocycles. The molecule has 2 aromatic carbocycles. The summed E-state index contributed by atoms with van der Waals surface area (Å²) >= 11 is 1.82. The van der Waals surface area contributed by atoms with Crippen LogP contribution in [0.4, 0.5) is 0 Å². The van der Waals surface area contributed by atoms with Gasteiger partial charge >= 0.3 is 44.9 Å². The molecule has 0 unspecified atom stereocenters. The Hall–Kier alpha value is -2.61. The van der Waals surface area contributed by atoms with Crippen molar-refractivity contribution in [2.45, 2.75) is 258 Å². The zero-order chi connectivity index (χ0) is 44.3. The summed E-state index contributed by atoms with van der Waals surface area (Å²) in [6.45, 7) is 13.5. The van der Waals surface area contributed by atoms with Crippen LogP contribution in [-0.4, -0.2) is 10.7 Å². The molecule has 346 valence electrons. The van der Waals surface area contributed by atoms with Gasteiger partial charge in [-0.15, -0.1) is 4.79 Å². The van der Waals surface area contributed by atoms with E-state index in [9.17, 15) is 5.53 Å². The van der Waals surface area contributed by atoms with Crippen molar-refractivity contribution >= 4 is 11.4 Å². The average Bonchev–Trinajstić information content (AvgIpc) is 3.28. The van der Waals surface area contributed by atoms with Crippen LogP contribution in [-0.2, 0) is 27.3 Å². The van der Waals surface area contributed by atoms with Crippen LogP contribution < -0.4 is 0 Å². The summed E-state index contributed by atoms with van der Waals surface area (Å²) < 4.78 is 0. The van der Waals surface area contributed by atoms with E-state index < -0.39 is 0 Å². The van der Waals surface area contributed by atoms with Crippen molar-refractivity contribution in [1.29, 1.82) is 0 Å². The molecule has 0 amide bonds. The minimum absolute atomic E-state index is 0.744. The zero-order valence-corrected chi connectivity index (χ0v) is 41.9. The number of rotatable bonds is 36. The van der Waals surface area contributed by atoms with Crippen molar-refractivity contribution < 1.29 is 19.2 Å². The van der Waals surface area contributed by atoms with Gasteiger partial charge in [0, 0.05) is 6.42 Å². The molecule has 3 heteroatoms. The molecule has 0 radical (unpaired) electrons. The molecule has 0 aliphatic carbocycles. The molecule has 0 spiro atoms. The monoisotopic (exact) mass is 877 g/mol. The second-order valence-corrected chi connectivity index (χ2v) is 19.1. The van der Waals surface area contributed by atoms with E-state index in [1.54, 1.807) is 0 Å². The van der Waals surface area contributed by atoms with E-state index in [2.05, 4.69) is 113 Å². The van der Waals surface area contributed by atoms with Gasteiger partial charge in [-0.05, 0) is 78.3 Å². The van der Waals surface area contributed by atoms with Crippen LogP contribution in [0.15, 0.2) is 59.7 Å². The van der Waals surface area contributed by atoms with Crippen LogP contribution in [0.5, 0.6) is 0 Å². The fraction of sp³-hybridized carbons (Fsp3) is 0.690. The zero-order valence-electron chi connectivity index (χ0n) is 40.9. The Morgan fingerprint density at radius 1 is 0.492 bits per heavy atom. The third-order valence-corrected chi connectivity index (χ3v) is 12.8. The Kier molecular flexibility index (Phi) is 39.5. The first-order valence-corrected chi connectivity index (χ1v) is 27.3. The number of allylic oxidation sites excluding steroid dienone is 2. The Bertz CT molecular complexity index is 1510. The van der Waals surface area contributed by atoms with Crippen LogP contribution in [0.1, 0.15) is 256 Å². The van der Waals surface area contributed by atoms with Gasteiger partial charge in [0.05, 0.1) is 0 Å². The Morgan fingerprint density at radius 3 is 1.33 bits per heavy atom. The first kappa shape index (κ1) is 56.4. The van der Waals surface area contributed by atoms with Crippen molar-refractivity contribution in [3.8, 4) is 11.8 Å². The SMILES string of the molecule is CCCCCCCCCCCCCCCCCCCCC#CC(=C=[N+]=[N-])C(CCCCCC)=C(c1cccc(CCCC)c1)c1cccc(CCCCCC)c1.C[CH2][Ni][CH2]C. The van der Waals surface area contributed by atoms with Gasteiger partial charge < -0.3 is 5.53 Å². The summed E-state index contributed by atoms with van der Waals surface area (Å²) in [5.41, 5.74) is 18.3. The Morgan fingerprint density at radius 2 is 0.902 bits per heavy atom. The molecule has 0 N–H and O–H groups in total. The fourth-order valence-corrected chi connectivity index (χ4v) is 8.66. The molecule has 0 fully saturated rings. The molecule has 2 rings (SSSR count). The molecule has 61 heavy (non-hydrogen) atoms. The van der Waals surface area contributed by atoms with Gasteiger partial charge in [-0.3, -0.25) is 0 Å². The molecule has 0 bridgehead atoms. The molecular formula is C58H94N2Ni. The first-order chi connectivity index (χ1) is 30.1. The van der Waals surface area contributed by atoms with Crippen LogP contribution in [0.25, 0.3) is 11.1 Å². The maximum atomic E-state index is 9.91. The van der Waals surface area contributed by atoms with Crippen LogP contribution in [0.2, 0.25) is 10.8 Å². The molecule has 0 aliphatic rings. The number of aryl methyl sites for hydroxylation is 2. The summed E-state index contributed by atoms with van der Waals surface area (Å²) in [6.07, 6.45) is 41.0. The molecule has 0 atom stereocenters. The van der Waals surface area contributed by atoms with E-state index in [1.807, 2.05) is 14.4 Å². The van der Waals surface area contributed by atoms with Crippen molar-refractivity contribution in [2.75, 3.05) is 0 Å². The van der Waals surface area contributed by atoms with E-state index in [0.717, 1.165) is 44.1 Å². The van der Waals surface area contributed by atoms with E-state index in [-0.39, 0.29) is 0 Å². The van der Waals surface area contributed by atoms with E-state index in [4.69, 9.17) is 0 Å². The van der Waals surface area contributed by atoms with Crippen molar-refractivity contribution in [3.63, 3.8) is 0 Å². The standard InChI is InChI=1S/C54H84N2.2C2H5.Ni/c1-5-9-13-16-17-18-19-20-21-22-23-24-25-26-27-28-29-30-31-33-41-52(47-56-55)53(44-34-15-11-7-3)54(50-42-35-39-48(45-50)37-12-8-4)51-43-36-40-49(46-51)38-32-14-10-6-2;2*1-2;/h35-36,39-40,42-43,45-46H,5-32,34,37-38,44H2,1-4H3;2*1H2,2H3;. The Labute approximate surface area is 385 Å². The predicted molar refractivity (Wildman–Crippen MR) is 268 cm³/mol. The van der Waals surface area contributed by atoms with E-state index in [0.29, 0.717) is 0 Å². The fourth-order valence-electron chi connectivity index (χ4n) is 8.17. The quantitative estimate of drug-likeness (QED) is 0.0124. The van der Waals surface area contributed by atoms with Gasteiger partial charge in [-0.1, -0.05) is 242 Å². The van der Waals surface area contributed by atoms with Gasteiger partial charge in [-0.25, -0.2) is 0 Å². The van der Waals surface area contributed by atoms with E-state index >= 15 is 0 Å². The molecule has 0 saturated carbocycles. The van der Waals surface area contributed by atoms with Crippen molar-refractivity contribution in [2.24, 2.45) is 0 Å². The van der Waals surface area contributed by atoms with Gasteiger partial charge in [0.2, 0.25) is 0 Å². The number of benzene rings is 2. The predicted octanol–water partition coefficient (Wildman–Crippen LogP) is 19.1. The molecule has 2 aromatic rings.